The second kappa shape index (κ2) is 10.2. The lowest BCUT2D eigenvalue weighted by Gasteiger charge is -2.34. The van der Waals surface area contributed by atoms with Crippen molar-refractivity contribution in [3.63, 3.8) is 0 Å². The third-order valence-electron chi connectivity index (χ3n) is 4.39. The van der Waals surface area contributed by atoms with Crippen LogP contribution in [0.25, 0.3) is 0 Å². The van der Waals surface area contributed by atoms with Crippen LogP contribution in [0.15, 0.2) is 42.7 Å². The molecule has 6 nitrogen and oxygen atoms in total. The van der Waals surface area contributed by atoms with Crippen LogP contribution >= 0.6 is 13.5 Å². The van der Waals surface area contributed by atoms with Crippen LogP contribution in [0.5, 0.6) is 5.75 Å². The first-order valence-electron chi connectivity index (χ1n) is 8.82. The van der Waals surface area contributed by atoms with Gasteiger partial charge in [0.25, 0.3) is 0 Å². The first kappa shape index (κ1) is 21.1. The highest BCUT2D eigenvalue weighted by Crippen LogP contribution is 2.21. The van der Waals surface area contributed by atoms with Crippen molar-refractivity contribution < 1.29 is 19.4 Å². The first-order chi connectivity index (χ1) is 12.6. The Hall–Kier alpha value is -2.25. The summed E-state index contributed by atoms with van der Waals surface area (Å²) in [5.41, 5.74) is 3.21. The van der Waals surface area contributed by atoms with Crippen molar-refractivity contribution >= 4 is 25.2 Å². The van der Waals surface area contributed by atoms with Gasteiger partial charge in [-0.05, 0) is 31.5 Å². The summed E-state index contributed by atoms with van der Waals surface area (Å²) < 4.78 is 11.5. The van der Waals surface area contributed by atoms with Crippen LogP contribution in [0.1, 0.15) is 24.0 Å². The molecule has 1 aliphatic heterocycles. The van der Waals surface area contributed by atoms with Gasteiger partial charge in [0.1, 0.15) is 12.4 Å². The van der Waals surface area contributed by atoms with E-state index in [0.29, 0.717) is 26.2 Å². The van der Waals surface area contributed by atoms with E-state index in [1.165, 1.54) is 5.56 Å². The molecule has 2 aromatic rings. The number of hydrogen-bond donors (Lipinski definition) is 1. The zero-order chi connectivity index (χ0) is 18.4. The molecule has 1 aromatic heterocycles. The van der Waals surface area contributed by atoms with Crippen LogP contribution in [0.2, 0.25) is 0 Å². The Morgan fingerprint density at radius 3 is 2.85 bits per heavy atom. The number of aryl methyl sites for hydroxylation is 1. The molecule has 146 valence electrons. The molecule has 0 spiro atoms. The van der Waals surface area contributed by atoms with Crippen molar-refractivity contribution in [1.82, 2.24) is 4.98 Å². The van der Waals surface area contributed by atoms with Crippen LogP contribution in [0.3, 0.4) is 0 Å². The van der Waals surface area contributed by atoms with E-state index < -0.39 is 5.97 Å². The number of ether oxygens (including phenoxy) is 2. The van der Waals surface area contributed by atoms with Crippen molar-refractivity contribution in [2.24, 2.45) is 0 Å². The third-order valence-corrected chi connectivity index (χ3v) is 4.39. The average molecular weight is 391 g/mol. The number of morpholine rings is 1. The minimum atomic E-state index is -0.789. The zero-order valence-corrected chi connectivity index (χ0v) is 16.4. The normalized spacial score (nSPS) is 16.5. The molecule has 0 amide bonds. The average Bonchev–Trinajstić information content (AvgIpc) is 2.66. The van der Waals surface area contributed by atoms with Crippen LogP contribution in [0, 0.1) is 6.92 Å². The maximum Gasteiger partial charge on any atom is 0.303 e. The number of pyridine rings is 1. The molecule has 0 radical (unpaired) electrons. The minimum absolute atomic E-state index is 0. The number of carboxylic acids is 1. The topological polar surface area (TPSA) is 71.9 Å². The molecule has 0 unspecified atom stereocenters. The number of carbonyl (C=O) groups is 1. The summed E-state index contributed by atoms with van der Waals surface area (Å²) in [5.74, 6) is 0.0451. The number of aliphatic carboxylic acids is 1. The summed E-state index contributed by atoms with van der Waals surface area (Å²) in [7, 11) is 0. The van der Waals surface area contributed by atoms with Gasteiger partial charge in [0, 0.05) is 31.3 Å². The molecule has 7 heteroatoms. The van der Waals surface area contributed by atoms with E-state index in [0.717, 1.165) is 23.5 Å². The van der Waals surface area contributed by atoms with E-state index in [-0.39, 0.29) is 26.0 Å². The SMILES string of the molecule is Cc1ccc(OCc2cncc(N3CCO[C@@H](CCC(=O)O)C3)c2)cc1.S. The van der Waals surface area contributed by atoms with Crippen LogP contribution < -0.4 is 9.64 Å². The highest BCUT2D eigenvalue weighted by Gasteiger charge is 2.21. The second-order valence-electron chi connectivity index (χ2n) is 6.52. The Bertz CT molecular complexity index is 739. The molecule has 1 aromatic carbocycles. The summed E-state index contributed by atoms with van der Waals surface area (Å²) in [6, 6.07) is 10.0. The predicted molar refractivity (Wildman–Crippen MR) is 109 cm³/mol. The predicted octanol–water partition coefficient (Wildman–Crippen LogP) is 3.15. The fraction of sp³-hybridized carbons (Fsp3) is 0.400. The fourth-order valence-electron chi connectivity index (χ4n) is 2.94. The van der Waals surface area contributed by atoms with E-state index in [2.05, 4.69) is 16.0 Å². The molecule has 0 aliphatic carbocycles. The molecule has 0 bridgehead atoms. The molecule has 2 heterocycles. The van der Waals surface area contributed by atoms with Gasteiger partial charge in [0.2, 0.25) is 0 Å². The maximum absolute atomic E-state index is 10.8. The summed E-state index contributed by atoms with van der Waals surface area (Å²) in [5, 5.41) is 8.84. The fourth-order valence-corrected chi connectivity index (χ4v) is 2.94. The summed E-state index contributed by atoms with van der Waals surface area (Å²) in [6.45, 7) is 4.54. The Kier molecular flexibility index (Phi) is 7.94. The smallest absolute Gasteiger partial charge is 0.303 e. The highest BCUT2D eigenvalue weighted by molar-refractivity contribution is 7.59. The van der Waals surface area contributed by atoms with E-state index in [1.807, 2.05) is 37.4 Å². The number of nitrogens with zero attached hydrogens (tertiary/aromatic N) is 2. The van der Waals surface area contributed by atoms with Crippen molar-refractivity contribution in [3.05, 3.63) is 53.9 Å². The first-order valence-corrected chi connectivity index (χ1v) is 8.82. The third kappa shape index (κ3) is 6.45. The van der Waals surface area contributed by atoms with Crippen LogP contribution in [0.4, 0.5) is 5.69 Å². The van der Waals surface area contributed by atoms with Gasteiger partial charge in [-0.2, -0.15) is 13.5 Å². The number of carboxylic acid groups (broad SMARTS) is 1. The quantitative estimate of drug-likeness (QED) is 0.783. The van der Waals surface area contributed by atoms with Gasteiger partial charge in [0.05, 0.1) is 24.6 Å². The van der Waals surface area contributed by atoms with Crippen LogP contribution in [-0.2, 0) is 16.1 Å². The van der Waals surface area contributed by atoms with E-state index in [9.17, 15) is 4.79 Å². The monoisotopic (exact) mass is 390 g/mol. The van der Waals surface area contributed by atoms with Gasteiger partial charge in [-0.15, -0.1) is 0 Å². The summed E-state index contributed by atoms with van der Waals surface area (Å²) in [4.78, 5) is 17.3. The van der Waals surface area contributed by atoms with E-state index >= 15 is 0 Å². The summed E-state index contributed by atoms with van der Waals surface area (Å²) >= 11 is 0. The number of hydrogen-bond acceptors (Lipinski definition) is 5. The van der Waals surface area contributed by atoms with Crippen LogP contribution in [-0.4, -0.2) is 41.9 Å². The van der Waals surface area contributed by atoms with Gasteiger partial charge in [-0.3, -0.25) is 9.78 Å². The lowest BCUT2D eigenvalue weighted by Crippen LogP contribution is -2.42. The number of rotatable bonds is 7. The molecule has 1 fully saturated rings. The number of benzene rings is 1. The Morgan fingerprint density at radius 1 is 1.33 bits per heavy atom. The molecule has 3 rings (SSSR count). The largest absolute Gasteiger partial charge is 0.489 e. The van der Waals surface area contributed by atoms with Crippen molar-refractivity contribution in [3.8, 4) is 5.75 Å². The molecule has 1 aliphatic rings. The minimum Gasteiger partial charge on any atom is -0.489 e. The number of aromatic nitrogens is 1. The highest BCUT2D eigenvalue weighted by atomic mass is 32.1. The van der Waals surface area contributed by atoms with Gasteiger partial charge in [-0.25, -0.2) is 0 Å². The van der Waals surface area contributed by atoms with Crippen molar-refractivity contribution in [1.29, 1.82) is 0 Å². The molecule has 1 N–H and O–H groups in total. The Balaban J connectivity index is 0.00000261. The molecular formula is C20H26N2O4S. The molecule has 1 saturated heterocycles. The molecule has 1 atom stereocenters. The van der Waals surface area contributed by atoms with Gasteiger partial charge in [0.15, 0.2) is 0 Å². The number of anilines is 1. The lowest BCUT2D eigenvalue weighted by molar-refractivity contribution is -0.137. The van der Waals surface area contributed by atoms with Crippen molar-refractivity contribution in [2.45, 2.75) is 32.5 Å². The van der Waals surface area contributed by atoms with Gasteiger partial charge >= 0.3 is 5.97 Å². The standard InChI is InChI=1S/C20H24N2O4.H2S/c1-15-2-4-18(5-3-15)26-14-16-10-17(12-21-11-16)22-8-9-25-19(13-22)6-7-20(23)24;/h2-5,10-12,19H,6-9,13-14H2,1H3,(H,23,24);1H2/t19-;/m0./s1. The lowest BCUT2D eigenvalue weighted by atomic mass is 10.1. The van der Waals surface area contributed by atoms with E-state index in [4.69, 9.17) is 14.6 Å². The van der Waals surface area contributed by atoms with Gasteiger partial charge in [-0.1, -0.05) is 17.7 Å². The molecule has 0 saturated carbocycles. The second-order valence-corrected chi connectivity index (χ2v) is 6.52. The maximum atomic E-state index is 10.8. The van der Waals surface area contributed by atoms with Gasteiger partial charge < -0.3 is 19.5 Å². The molecular weight excluding hydrogens is 364 g/mol. The Morgan fingerprint density at radius 2 is 2.11 bits per heavy atom. The summed E-state index contributed by atoms with van der Waals surface area (Å²) in [6.07, 6.45) is 4.22. The Labute approximate surface area is 166 Å². The van der Waals surface area contributed by atoms with Crippen molar-refractivity contribution in [2.75, 3.05) is 24.6 Å². The van der Waals surface area contributed by atoms with E-state index in [1.54, 1.807) is 6.20 Å². The molecule has 27 heavy (non-hydrogen) atoms. The zero-order valence-electron chi connectivity index (χ0n) is 15.4.